The summed E-state index contributed by atoms with van der Waals surface area (Å²) < 4.78 is 0. The van der Waals surface area contributed by atoms with Crippen molar-refractivity contribution < 1.29 is 0 Å². The number of hydrogen-bond acceptors (Lipinski definition) is 4. The first kappa shape index (κ1) is 7.34. The van der Waals surface area contributed by atoms with Crippen LogP contribution in [0.5, 0.6) is 0 Å². The quantitative estimate of drug-likeness (QED) is 0.591. The lowest BCUT2D eigenvalue weighted by atomic mass is 9.98. The standard InChI is InChI=1S/C8H12N4/c1-5-2-6-7(9)11-4-12-8(6)10-3-5/h4-5H,2-3H2,1H3,(H3,9,10,11,12). The van der Waals surface area contributed by atoms with E-state index in [0.29, 0.717) is 11.7 Å². The van der Waals surface area contributed by atoms with E-state index < -0.39 is 0 Å². The van der Waals surface area contributed by atoms with Crippen molar-refractivity contribution in [3.05, 3.63) is 11.9 Å². The van der Waals surface area contributed by atoms with Crippen LogP contribution in [-0.2, 0) is 6.42 Å². The normalized spacial score (nSPS) is 21.2. The van der Waals surface area contributed by atoms with Gasteiger partial charge in [0.25, 0.3) is 0 Å². The van der Waals surface area contributed by atoms with Gasteiger partial charge in [-0.1, -0.05) is 6.92 Å². The predicted molar refractivity (Wildman–Crippen MR) is 47.8 cm³/mol. The van der Waals surface area contributed by atoms with Crippen LogP contribution in [-0.4, -0.2) is 16.5 Å². The summed E-state index contributed by atoms with van der Waals surface area (Å²) in [5.41, 5.74) is 6.78. The third kappa shape index (κ3) is 1.09. The Balaban J connectivity index is 2.43. The number of aromatic nitrogens is 2. The molecule has 0 spiro atoms. The molecule has 3 N–H and O–H groups in total. The maximum atomic E-state index is 5.71. The van der Waals surface area contributed by atoms with Gasteiger partial charge in [0.1, 0.15) is 18.0 Å². The molecule has 4 heteroatoms. The minimum Gasteiger partial charge on any atom is -0.383 e. The molecule has 1 aromatic rings. The van der Waals surface area contributed by atoms with E-state index in [4.69, 9.17) is 5.73 Å². The first-order valence-corrected chi connectivity index (χ1v) is 4.10. The zero-order chi connectivity index (χ0) is 8.55. The maximum absolute atomic E-state index is 5.71. The fourth-order valence-corrected chi connectivity index (χ4v) is 1.47. The Morgan fingerprint density at radius 3 is 3.25 bits per heavy atom. The van der Waals surface area contributed by atoms with E-state index in [2.05, 4.69) is 22.2 Å². The van der Waals surface area contributed by atoms with E-state index in [1.807, 2.05) is 0 Å². The van der Waals surface area contributed by atoms with Gasteiger partial charge in [0.05, 0.1) is 0 Å². The first-order chi connectivity index (χ1) is 5.77. The molecule has 1 atom stereocenters. The monoisotopic (exact) mass is 164 g/mol. The molecule has 1 aliphatic rings. The van der Waals surface area contributed by atoms with Crippen molar-refractivity contribution in [2.75, 3.05) is 17.6 Å². The lowest BCUT2D eigenvalue weighted by molar-refractivity contribution is 0.590. The second kappa shape index (κ2) is 2.62. The molecule has 1 aliphatic heterocycles. The second-order valence-corrected chi connectivity index (χ2v) is 3.28. The molecule has 1 unspecified atom stereocenters. The molecule has 2 heterocycles. The van der Waals surface area contributed by atoms with Crippen LogP contribution in [0.25, 0.3) is 0 Å². The molecule has 0 aliphatic carbocycles. The molecule has 0 saturated carbocycles. The van der Waals surface area contributed by atoms with Gasteiger partial charge in [0.2, 0.25) is 0 Å². The van der Waals surface area contributed by atoms with Crippen LogP contribution < -0.4 is 11.1 Å². The largest absolute Gasteiger partial charge is 0.383 e. The highest BCUT2D eigenvalue weighted by atomic mass is 15.0. The molecule has 0 saturated heterocycles. The topological polar surface area (TPSA) is 63.8 Å². The average Bonchev–Trinajstić information content (AvgIpc) is 2.07. The van der Waals surface area contributed by atoms with E-state index in [1.54, 1.807) is 0 Å². The van der Waals surface area contributed by atoms with Gasteiger partial charge in [-0.05, 0) is 12.3 Å². The third-order valence-electron chi connectivity index (χ3n) is 2.15. The highest BCUT2D eigenvalue weighted by Gasteiger charge is 2.17. The van der Waals surface area contributed by atoms with Gasteiger partial charge in [-0.3, -0.25) is 0 Å². The number of nitrogens with two attached hydrogens (primary N) is 1. The van der Waals surface area contributed by atoms with Crippen LogP contribution in [0.3, 0.4) is 0 Å². The van der Waals surface area contributed by atoms with Gasteiger partial charge < -0.3 is 11.1 Å². The predicted octanol–water partition coefficient (Wildman–Crippen LogP) is 0.663. The molecule has 0 radical (unpaired) electrons. The molecule has 0 bridgehead atoms. The highest BCUT2D eigenvalue weighted by Crippen LogP contribution is 2.25. The van der Waals surface area contributed by atoms with Gasteiger partial charge in [-0.2, -0.15) is 0 Å². The van der Waals surface area contributed by atoms with Gasteiger partial charge in [-0.25, -0.2) is 9.97 Å². The fourth-order valence-electron chi connectivity index (χ4n) is 1.47. The van der Waals surface area contributed by atoms with Crippen LogP contribution >= 0.6 is 0 Å². The van der Waals surface area contributed by atoms with Gasteiger partial charge >= 0.3 is 0 Å². The number of anilines is 2. The Labute approximate surface area is 71.2 Å². The zero-order valence-electron chi connectivity index (χ0n) is 7.04. The maximum Gasteiger partial charge on any atom is 0.134 e. The van der Waals surface area contributed by atoms with Crippen molar-refractivity contribution in [1.29, 1.82) is 0 Å². The molecule has 4 nitrogen and oxygen atoms in total. The number of nitrogen functional groups attached to an aromatic ring is 1. The van der Waals surface area contributed by atoms with E-state index >= 15 is 0 Å². The Morgan fingerprint density at radius 2 is 2.42 bits per heavy atom. The molecule has 1 aromatic heterocycles. The summed E-state index contributed by atoms with van der Waals surface area (Å²) in [5.74, 6) is 2.13. The number of nitrogens with one attached hydrogen (secondary N) is 1. The van der Waals surface area contributed by atoms with Gasteiger partial charge in [0.15, 0.2) is 0 Å². The van der Waals surface area contributed by atoms with Crippen LogP contribution in [0.4, 0.5) is 11.6 Å². The lowest BCUT2D eigenvalue weighted by Crippen LogP contribution is -2.23. The van der Waals surface area contributed by atoms with Crippen LogP contribution in [0.15, 0.2) is 6.33 Å². The summed E-state index contributed by atoms with van der Waals surface area (Å²) in [6, 6.07) is 0. The van der Waals surface area contributed by atoms with Crippen molar-refractivity contribution in [1.82, 2.24) is 9.97 Å². The van der Waals surface area contributed by atoms with Crippen LogP contribution in [0.1, 0.15) is 12.5 Å². The van der Waals surface area contributed by atoms with Gasteiger partial charge in [-0.15, -0.1) is 0 Å². The second-order valence-electron chi connectivity index (χ2n) is 3.28. The molecule has 0 aromatic carbocycles. The smallest absolute Gasteiger partial charge is 0.134 e. The number of rotatable bonds is 0. The highest BCUT2D eigenvalue weighted by molar-refractivity contribution is 5.56. The summed E-state index contributed by atoms with van der Waals surface area (Å²) >= 11 is 0. The van der Waals surface area contributed by atoms with Crippen LogP contribution in [0.2, 0.25) is 0 Å². The summed E-state index contributed by atoms with van der Waals surface area (Å²) in [6.45, 7) is 3.16. The fraction of sp³-hybridized carbons (Fsp3) is 0.500. The first-order valence-electron chi connectivity index (χ1n) is 4.10. The number of nitrogens with zero attached hydrogens (tertiary/aromatic N) is 2. The van der Waals surface area contributed by atoms with E-state index in [1.165, 1.54) is 6.33 Å². The minimum absolute atomic E-state index is 0.610. The molecule has 64 valence electrons. The summed E-state index contributed by atoms with van der Waals surface area (Å²) in [7, 11) is 0. The third-order valence-corrected chi connectivity index (χ3v) is 2.15. The lowest BCUT2D eigenvalue weighted by Gasteiger charge is -2.22. The van der Waals surface area contributed by atoms with Crippen molar-refractivity contribution in [2.24, 2.45) is 5.92 Å². The zero-order valence-corrected chi connectivity index (χ0v) is 7.04. The molecule has 12 heavy (non-hydrogen) atoms. The Kier molecular flexibility index (Phi) is 1.60. The molecule has 0 fully saturated rings. The Hall–Kier alpha value is -1.32. The minimum atomic E-state index is 0.610. The van der Waals surface area contributed by atoms with E-state index in [-0.39, 0.29) is 0 Å². The van der Waals surface area contributed by atoms with Crippen molar-refractivity contribution in [2.45, 2.75) is 13.3 Å². The number of fused-ring (bicyclic) bond motifs is 1. The summed E-state index contributed by atoms with van der Waals surface area (Å²) in [4.78, 5) is 8.07. The van der Waals surface area contributed by atoms with Gasteiger partial charge in [0, 0.05) is 12.1 Å². The molecule has 0 amide bonds. The van der Waals surface area contributed by atoms with Crippen molar-refractivity contribution in [3.8, 4) is 0 Å². The van der Waals surface area contributed by atoms with E-state index in [0.717, 1.165) is 24.3 Å². The summed E-state index contributed by atoms with van der Waals surface area (Å²) in [5, 5.41) is 3.22. The molecule has 2 rings (SSSR count). The average molecular weight is 164 g/mol. The molecular formula is C8H12N4. The molecular weight excluding hydrogens is 152 g/mol. The van der Waals surface area contributed by atoms with Crippen molar-refractivity contribution in [3.63, 3.8) is 0 Å². The Bertz CT molecular complexity index is 297. The summed E-state index contributed by atoms with van der Waals surface area (Å²) in [6.07, 6.45) is 2.48. The van der Waals surface area contributed by atoms with Crippen molar-refractivity contribution >= 4 is 11.6 Å². The Morgan fingerprint density at radius 1 is 1.58 bits per heavy atom. The van der Waals surface area contributed by atoms with Crippen LogP contribution in [0, 0.1) is 5.92 Å². The number of hydrogen-bond donors (Lipinski definition) is 2. The SMILES string of the molecule is CC1CNc2ncnc(N)c2C1. The van der Waals surface area contributed by atoms with E-state index in [9.17, 15) is 0 Å².